The fourth-order valence-electron chi connectivity index (χ4n) is 2.52. The molecule has 0 atom stereocenters. The number of carbonyl (C=O) groups excluding carboxylic acids is 2. The summed E-state index contributed by atoms with van der Waals surface area (Å²) in [6.45, 7) is 3.36. The maximum Gasteiger partial charge on any atom is 0.244 e. The number of rotatable bonds is 3. The Bertz CT molecular complexity index is 540. The molecule has 0 saturated heterocycles. The fraction of sp³-hybridized carbons (Fsp3) is 0.467. The van der Waals surface area contributed by atoms with Crippen LogP contribution in [-0.2, 0) is 9.59 Å². The van der Waals surface area contributed by atoms with Gasteiger partial charge in [-0.05, 0) is 37.5 Å². The molecule has 0 unspecified atom stereocenters. The van der Waals surface area contributed by atoms with Gasteiger partial charge in [0.25, 0.3) is 0 Å². The Hall–Kier alpha value is -1.59. The average molecular weight is 312 g/mol. The van der Waals surface area contributed by atoms with Crippen molar-refractivity contribution in [3.8, 4) is 0 Å². The van der Waals surface area contributed by atoms with Crippen LogP contribution in [0.2, 0.25) is 0 Å². The van der Waals surface area contributed by atoms with Crippen molar-refractivity contribution in [1.29, 1.82) is 0 Å². The molecule has 0 heterocycles. The van der Waals surface area contributed by atoms with Crippen molar-refractivity contribution in [3.05, 3.63) is 23.8 Å². The fourth-order valence-corrected chi connectivity index (χ4v) is 2.52. The molecule has 1 aliphatic carbocycles. The first-order valence-corrected chi connectivity index (χ1v) is 6.89. The summed E-state index contributed by atoms with van der Waals surface area (Å²) in [6, 6.07) is 5.42. The monoisotopic (exact) mass is 311 g/mol. The van der Waals surface area contributed by atoms with E-state index in [0.717, 1.165) is 31.2 Å². The number of hydrogen-bond acceptors (Lipinski definition) is 3. The molecule has 1 aliphatic rings. The smallest absolute Gasteiger partial charge is 0.244 e. The lowest BCUT2D eigenvalue weighted by Gasteiger charge is -2.23. The first-order valence-electron chi connectivity index (χ1n) is 6.89. The van der Waals surface area contributed by atoms with Crippen LogP contribution in [0, 0.1) is 6.92 Å². The van der Waals surface area contributed by atoms with E-state index in [-0.39, 0.29) is 24.2 Å². The molecular formula is C15H22ClN3O2. The number of aryl methyl sites for hydroxylation is 1. The van der Waals surface area contributed by atoms with Crippen LogP contribution >= 0.6 is 12.4 Å². The molecule has 1 aromatic rings. The van der Waals surface area contributed by atoms with Gasteiger partial charge in [-0.15, -0.1) is 12.4 Å². The first kappa shape index (κ1) is 17.5. The number of amides is 2. The van der Waals surface area contributed by atoms with Gasteiger partial charge in [0.05, 0.1) is 5.54 Å². The molecule has 0 aliphatic heterocycles. The summed E-state index contributed by atoms with van der Waals surface area (Å²) in [5, 5.41) is 5.59. The molecule has 4 N–H and O–H groups in total. The maximum absolute atomic E-state index is 12.3. The van der Waals surface area contributed by atoms with Crippen molar-refractivity contribution in [2.24, 2.45) is 5.73 Å². The number of halogens is 1. The van der Waals surface area contributed by atoms with Crippen LogP contribution < -0.4 is 16.4 Å². The minimum atomic E-state index is -0.754. The maximum atomic E-state index is 12.3. The van der Waals surface area contributed by atoms with Crippen molar-refractivity contribution in [2.75, 3.05) is 10.6 Å². The van der Waals surface area contributed by atoms with Crippen LogP contribution in [0.1, 0.15) is 38.2 Å². The van der Waals surface area contributed by atoms with E-state index >= 15 is 0 Å². The Balaban J connectivity index is 0.00000220. The highest BCUT2D eigenvalue weighted by atomic mass is 35.5. The molecule has 1 saturated carbocycles. The standard InChI is InChI=1S/C15H21N3O2.ClH/c1-10-5-6-12(17-11(2)19)9-13(10)18-14(20)15(16)7-3-4-8-15;/h5-6,9H,3-4,7-8,16H2,1-2H3,(H,17,19)(H,18,20);1H. The molecule has 0 radical (unpaired) electrons. The molecule has 0 aromatic heterocycles. The van der Waals surface area contributed by atoms with Gasteiger partial charge in [-0.3, -0.25) is 9.59 Å². The Labute approximate surface area is 131 Å². The molecule has 21 heavy (non-hydrogen) atoms. The SMILES string of the molecule is CC(=O)Nc1ccc(C)c(NC(=O)C2(N)CCCC2)c1.Cl. The van der Waals surface area contributed by atoms with Gasteiger partial charge < -0.3 is 16.4 Å². The molecule has 1 aromatic carbocycles. The van der Waals surface area contributed by atoms with Gasteiger partial charge in [-0.2, -0.15) is 0 Å². The van der Waals surface area contributed by atoms with Crippen LogP contribution in [0.15, 0.2) is 18.2 Å². The van der Waals surface area contributed by atoms with Crippen LogP contribution in [0.5, 0.6) is 0 Å². The van der Waals surface area contributed by atoms with E-state index < -0.39 is 5.54 Å². The zero-order chi connectivity index (χ0) is 14.8. The molecule has 116 valence electrons. The van der Waals surface area contributed by atoms with Crippen LogP contribution in [0.3, 0.4) is 0 Å². The van der Waals surface area contributed by atoms with E-state index in [4.69, 9.17) is 5.73 Å². The van der Waals surface area contributed by atoms with E-state index in [0.29, 0.717) is 11.4 Å². The van der Waals surface area contributed by atoms with Crippen molar-refractivity contribution >= 4 is 35.6 Å². The van der Waals surface area contributed by atoms with Gasteiger partial charge in [0.2, 0.25) is 11.8 Å². The van der Waals surface area contributed by atoms with Crippen molar-refractivity contribution in [2.45, 2.75) is 45.1 Å². The van der Waals surface area contributed by atoms with Crippen LogP contribution in [0.25, 0.3) is 0 Å². The minimum Gasteiger partial charge on any atom is -0.326 e. The number of hydrogen-bond donors (Lipinski definition) is 3. The van der Waals surface area contributed by atoms with Crippen molar-refractivity contribution in [3.63, 3.8) is 0 Å². The Kier molecular flexibility index (Phi) is 5.75. The van der Waals surface area contributed by atoms with Gasteiger partial charge in [0.1, 0.15) is 0 Å². The lowest BCUT2D eigenvalue weighted by Crippen LogP contribution is -2.48. The number of benzene rings is 1. The zero-order valence-electron chi connectivity index (χ0n) is 12.4. The molecular weight excluding hydrogens is 290 g/mol. The highest BCUT2D eigenvalue weighted by Gasteiger charge is 2.37. The van der Waals surface area contributed by atoms with Crippen molar-refractivity contribution in [1.82, 2.24) is 0 Å². The molecule has 5 nitrogen and oxygen atoms in total. The third kappa shape index (κ3) is 4.19. The van der Waals surface area contributed by atoms with Gasteiger partial charge in [0.15, 0.2) is 0 Å². The second-order valence-corrected chi connectivity index (χ2v) is 5.53. The second-order valence-electron chi connectivity index (χ2n) is 5.53. The quantitative estimate of drug-likeness (QED) is 0.802. The largest absolute Gasteiger partial charge is 0.326 e. The van der Waals surface area contributed by atoms with E-state index in [1.807, 2.05) is 13.0 Å². The average Bonchev–Trinajstić information content (AvgIpc) is 2.81. The number of nitrogens with one attached hydrogen (secondary N) is 2. The zero-order valence-corrected chi connectivity index (χ0v) is 13.2. The highest BCUT2D eigenvalue weighted by Crippen LogP contribution is 2.29. The summed E-state index contributed by atoms with van der Waals surface area (Å²) in [5.74, 6) is -0.282. The van der Waals surface area contributed by atoms with Crippen LogP contribution in [-0.4, -0.2) is 17.4 Å². The molecule has 2 rings (SSSR count). The summed E-state index contributed by atoms with van der Waals surface area (Å²) in [5.41, 5.74) is 7.68. The Morgan fingerprint density at radius 2 is 1.81 bits per heavy atom. The van der Waals surface area contributed by atoms with E-state index in [1.54, 1.807) is 12.1 Å². The lowest BCUT2D eigenvalue weighted by molar-refractivity contribution is -0.121. The van der Waals surface area contributed by atoms with E-state index in [2.05, 4.69) is 10.6 Å². The molecule has 1 fully saturated rings. The first-order chi connectivity index (χ1) is 9.40. The normalized spacial score (nSPS) is 16.0. The van der Waals surface area contributed by atoms with Gasteiger partial charge in [0, 0.05) is 18.3 Å². The van der Waals surface area contributed by atoms with E-state index in [1.165, 1.54) is 6.92 Å². The number of nitrogens with two attached hydrogens (primary N) is 1. The number of carbonyl (C=O) groups is 2. The van der Waals surface area contributed by atoms with Crippen molar-refractivity contribution < 1.29 is 9.59 Å². The number of anilines is 2. The Morgan fingerprint density at radius 1 is 1.19 bits per heavy atom. The third-order valence-electron chi connectivity index (χ3n) is 3.75. The molecule has 6 heteroatoms. The third-order valence-corrected chi connectivity index (χ3v) is 3.75. The molecule has 0 spiro atoms. The van der Waals surface area contributed by atoms with E-state index in [9.17, 15) is 9.59 Å². The summed E-state index contributed by atoms with van der Waals surface area (Å²) in [7, 11) is 0. The highest BCUT2D eigenvalue weighted by molar-refractivity contribution is 5.99. The predicted octanol–water partition coefficient (Wildman–Crippen LogP) is 2.59. The minimum absolute atomic E-state index is 0. The topological polar surface area (TPSA) is 84.2 Å². The summed E-state index contributed by atoms with van der Waals surface area (Å²) >= 11 is 0. The van der Waals surface area contributed by atoms with Gasteiger partial charge in [-0.25, -0.2) is 0 Å². The molecule has 2 amide bonds. The molecule has 0 bridgehead atoms. The summed E-state index contributed by atoms with van der Waals surface area (Å²) < 4.78 is 0. The second kappa shape index (κ2) is 6.91. The summed E-state index contributed by atoms with van der Waals surface area (Å²) in [4.78, 5) is 23.4. The predicted molar refractivity (Wildman–Crippen MR) is 86.7 cm³/mol. The van der Waals surface area contributed by atoms with Crippen LogP contribution in [0.4, 0.5) is 11.4 Å². The lowest BCUT2D eigenvalue weighted by atomic mass is 9.98. The Morgan fingerprint density at radius 3 is 2.38 bits per heavy atom. The van der Waals surface area contributed by atoms with Gasteiger partial charge in [-0.1, -0.05) is 18.9 Å². The van der Waals surface area contributed by atoms with Gasteiger partial charge >= 0.3 is 0 Å². The summed E-state index contributed by atoms with van der Waals surface area (Å²) in [6.07, 6.45) is 3.44.